The average Bonchev–Trinajstić information content (AvgIpc) is 2.61. The summed E-state index contributed by atoms with van der Waals surface area (Å²) in [7, 11) is 0. The highest BCUT2D eigenvalue weighted by Gasteiger charge is 2.30. The highest BCUT2D eigenvalue weighted by molar-refractivity contribution is 5.87. The third-order valence-corrected chi connectivity index (χ3v) is 5.60. The van der Waals surface area contributed by atoms with Crippen molar-refractivity contribution in [2.75, 3.05) is 0 Å². The van der Waals surface area contributed by atoms with Gasteiger partial charge in [-0.05, 0) is 46.9 Å². The summed E-state index contributed by atoms with van der Waals surface area (Å²) in [6.07, 6.45) is 0. The second kappa shape index (κ2) is 7.37. The normalized spacial score (nSPS) is 12.3. The number of hydrogen-bond acceptors (Lipinski definition) is 1. The van der Waals surface area contributed by atoms with Crippen molar-refractivity contribution < 1.29 is 5.11 Å². The molecule has 1 heteroatoms. The zero-order valence-corrected chi connectivity index (χ0v) is 19.1. The summed E-state index contributed by atoms with van der Waals surface area (Å²) >= 11 is 0. The third kappa shape index (κ3) is 4.24. The molecule has 0 aliphatic carbocycles. The van der Waals surface area contributed by atoms with Crippen LogP contribution in [0, 0.1) is 13.8 Å². The van der Waals surface area contributed by atoms with Crippen molar-refractivity contribution >= 4 is 0 Å². The van der Waals surface area contributed by atoms with E-state index in [1.54, 1.807) is 0 Å². The molecule has 0 fully saturated rings. The minimum Gasteiger partial charge on any atom is -0.507 e. The van der Waals surface area contributed by atoms with Crippen LogP contribution in [0.2, 0.25) is 0 Å². The van der Waals surface area contributed by atoms with E-state index in [9.17, 15) is 5.11 Å². The molecule has 0 bridgehead atoms. The number of hydrogen-bond donors (Lipinski definition) is 1. The smallest absolute Gasteiger partial charge is 0.131 e. The van der Waals surface area contributed by atoms with Crippen molar-refractivity contribution in [2.24, 2.45) is 0 Å². The minimum absolute atomic E-state index is 0.0937. The Kier molecular flexibility index (Phi) is 5.38. The summed E-state index contributed by atoms with van der Waals surface area (Å²) in [6, 6.07) is 19.3. The van der Waals surface area contributed by atoms with Crippen LogP contribution >= 0.6 is 0 Å². The first-order valence-corrected chi connectivity index (χ1v) is 10.4. The first-order valence-electron chi connectivity index (χ1n) is 10.4. The van der Waals surface area contributed by atoms with E-state index in [0.29, 0.717) is 5.75 Å². The van der Waals surface area contributed by atoms with Crippen LogP contribution < -0.4 is 0 Å². The van der Waals surface area contributed by atoms with Crippen LogP contribution in [0.1, 0.15) is 63.8 Å². The van der Waals surface area contributed by atoms with Gasteiger partial charge in [0.1, 0.15) is 5.75 Å². The number of benzene rings is 3. The van der Waals surface area contributed by atoms with Crippen molar-refractivity contribution in [1.29, 1.82) is 0 Å². The van der Waals surface area contributed by atoms with Gasteiger partial charge in [0, 0.05) is 11.1 Å². The van der Waals surface area contributed by atoms with Gasteiger partial charge in [0.2, 0.25) is 0 Å². The summed E-state index contributed by atoms with van der Waals surface area (Å²) < 4.78 is 0. The predicted molar refractivity (Wildman–Crippen MR) is 126 cm³/mol. The third-order valence-electron chi connectivity index (χ3n) is 5.60. The molecular formula is C28H34O. The van der Waals surface area contributed by atoms with E-state index in [1.807, 2.05) is 0 Å². The van der Waals surface area contributed by atoms with E-state index in [-0.39, 0.29) is 10.8 Å². The first-order chi connectivity index (χ1) is 13.4. The van der Waals surface area contributed by atoms with Crippen LogP contribution in [0.5, 0.6) is 5.75 Å². The molecule has 0 spiro atoms. The van der Waals surface area contributed by atoms with Crippen LogP contribution in [-0.2, 0) is 10.8 Å². The molecule has 1 nitrogen and oxygen atoms in total. The van der Waals surface area contributed by atoms with E-state index < -0.39 is 0 Å². The SMILES string of the molecule is Cc1ccc(-c2c(C(C)(C)C)cc(C(C)(C)C)c(-c3ccc(C)cc3)c2O)cc1. The number of phenolic OH excluding ortho intramolecular Hbond substituents is 1. The number of phenols is 1. The lowest BCUT2D eigenvalue weighted by Gasteiger charge is -2.31. The van der Waals surface area contributed by atoms with Crippen LogP contribution in [0.4, 0.5) is 0 Å². The van der Waals surface area contributed by atoms with Crippen molar-refractivity contribution in [1.82, 2.24) is 0 Å². The molecule has 0 aromatic heterocycles. The standard InChI is InChI=1S/C28H34O/c1-18-9-13-20(14-10-18)24-22(27(3,4)5)17-23(28(6,7)8)25(26(24)29)21-15-11-19(2)12-16-21/h9-17,29H,1-8H3. The Bertz CT molecular complexity index is 927. The van der Waals surface area contributed by atoms with E-state index in [4.69, 9.17) is 0 Å². The maximum atomic E-state index is 11.7. The molecule has 0 radical (unpaired) electrons. The van der Waals surface area contributed by atoms with Crippen molar-refractivity contribution in [3.63, 3.8) is 0 Å². The maximum Gasteiger partial charge on any atom is 0.131 e. The lowest BCUT2D eigenvalue weighted by atomic mass is 9.73. The summed E-state index contributed by atoms with van der Waals surface area (Å²) in [5.74, 6) is 0.384. The molecule has 0 saturated heterocycles. The Hall–Kier alpha value is -2.54. The fraction of sp³-hybridized carbons (Fsp3) is 0.357. The van der Waals surface area contributed by atoms with E-state index in [1.165, 1.54) is 22.3 Å². The summed E-state index contributed by atoms with van der Waals surface area (Å²) in [5, 5.41) is 11.7. The van der Waals surface area contributed by atoms with E-state index >= 15 is 0 Å². The quantitative estimate of drug-likeness (QED) is 0.474. The Balaban J connectivity index is 2.45. The molecule has 0 saturated carbocycles. The maximum absolute atomic E-state index is 11.7. The molecule has 0 amide bonds. The topological polar surface area (TPSA) is 20.2 Å². The Morgan fingerprint density at radius 3 is 1.14 bits per heavy atom. The minimum atomic E-state index is -0.0937. The zero-order valence-electron chi connectivity index (χ0n) is 19.1. The molecule has 0 unspecified atom stereocenters. The first kappa shape index (κ1) is 21.2. The Morgan fingerprint density at radius 1 is 0.552 bits per heavy atom. The van der Waals surface area contributed by atoms with Crippen LogP contribution in [0.25, 0.3) is 22.3 Å². The van der Waals surface area contributed by atoms with Crippen molar-refractivity contribution in [3.8, 4) is 28.0 Å². The number of aryl methyl sites for hydroxylation is 2. The Labute approximate surface area is 176 Å². The van der Waals surface area contributed by atoms with Gasteiger partial charge in [0.05, 0.1) is 0 Å². The highest BCUT2D eigenvalue weighted by Crippen LogP contribution is 2.49. The largest absolute Gasteiger partial charge is 0.507 e. The average molecular weight is 387 g/mol. The molecule has 29 heavy (non-hydrogen) atoms. The molecule has 1 N–H and O–H groups in total. The number of rotatable bonds is 2. The fourth-order valence-electron chi connectivity index (χ4n) is 3.88. The second-order valence-electron chi connectivity index (χ2n) is 10.3. The zero-order chi connectivity index (χ0) is 21.6. The van der Waals surface area contributed by atoms with Gasteiger partial charge >= 0.3 is 0 Å². The molecule has 0 aliphatic rings. The van der Waals surface area contributed by atoms with Crippen molar-refractivity contribution in [2.45, 2.75) is 66.2 Å². The van der Waals surface area contributed by atoms with Gasteiger partial charge in [-0.1, -0.05) is 107 Å². The molecule has 0 heterocycles. The fourth-order valence-corrected chi connectivity index (χ4v) is 3.88. The van der Waals surface area contributed by atoms with E-state index in [2.05, 4.69) is 110 Å². The van der Waals surface area contributed by atoms with Gasteiger partial charge in [-0.15, -0.1) is 0 Å². The van der Waals surface area contributed by atoms with Crippen LogP contribution in [0.15, 0.2) is 54.6 Å². The summed E-state index contributed by atoms with van der Waals surface area (Å²) in [6.45, 7) is 17.5. The molecular weight excluding hydrogens is 352 g/mol. The van der Waals surface area contributed by atoms with Crippen LogP contribution in [0.3, 0.4) is 0 Å². The van der Waals surface area contributed by atoms with Gasteiger partial charge in [0.15, 0.2) is 0 Å². The molecule has 3 aromatic rings. The lowest BCUT2D eigenvalue weighted by Crippen LogP contribution is -2.19. The lowest BCUT2D eigenvalue weighted by molar-refractivity contribution is 0.471. The van der Waals surface area contributed by atoms with Gasteiger partial charge < -0.3 is 5.11 Å². The highest BCUT2D eigenvalue weighted by atomic mass is 16.3. The van der Waals surface area contributed by atoms with Gasteiger partial charge in [-0.2, -0.15) is 0 Å². The summed E-state index contributed by atoms with van der Waals surface area (Å²) in [4.78, 5) is 0. The van der Waals surface area contributed by atoms with E-state index in [0.717, 1.165) is 22.3 Å². The van der Waals surface area contributed by atoms with Gasteiger partial charge in [-0.25, -0.2) is 0 Å². The predicted octanol–water partition coefficient (Wildman–Crippen LogP) is 7.94. The molecule has 0 atom stereocenters. The molecule has 152 valence electrons. The van der Waals surface area contributed by atoms with Crippen molar-refractivity contribution in [3.05, 3.63) is 76.9 Å². The molecule has 3 aromatic carbocycles. The monoisotopic (exact) mass is 386 g/mol. The summed E-state index contributed by atoms with van der Waals surface area (Å²) in [5.41, 5.74) is 8.62. The van der Waals surface area contributed by atoms with Crippen LogP contribution in [-0.4, -0.2) is 5.11 Å². The Morgan fingerprint density at radius 2 is 0.862 bits per heavy atom. The van der Waals surface area contributed by atoms with Gasteiger partial charge in [0.25, 0.3) is 0 Å². The number of aromatic hydroxyl groups is 1. The molecule has 3 rings (SSSR count). The van der Waals surface area contributed by atoms with Gasteiger partial charge in [-0.3, -0.25) is 0 Å². The second-order valence-corrected chi connectivity index (χ2v) is 10.3. The molecule has 0 aliphatic heterocycles.